The van der Waals surface area contributed by atoms with Gasteiger partial charge >= 0.3 is 0 Å². The molecule has 116 valence electrons. The van der Waals surface area contributed by atoms with Gasteiger partial charge in [-0.2, -0.15) is 12.6 Å². The molecule has 0 bridgehead atoms. The highest BCUT2D eigenvalue weighted by atomic mass is 32.1. The van der Waals surface area contributed by atoms with Gasteiger partial charge in [0.15, 0.2) is 0 Å². The molecule has 20 heavy (non-hydrogen) atoms. The van der Waals surface area contributed by atoms with Crippen molar-refractivity contribution in [3.05, 3.63) is 67.3 Å². The zero-order valence-corrected chi connectivity index (χ0v) is 15.4. The third-order valence-electron chi connectivity index (χ3n) is 1.64. The third kappa shape index (κ3) is 19.1. The summed E-state index contributed by atoms with van der Waals surface area (Å²) in [6.07, 6.45) is 7.37. The Morgan fingerprint density at radius 1 is 0.900 bits per heavy atom. The quantitative estimate of drug-likeness (QED) is 0.336. The van der Waals surface area contributed by atoms with E-state index in [4.69, 9.17) is 0 Å². The van der Waals surface area contributed by atoms with Gasteiger partial charge in [-0.3, -0.25) is 0 Å². The summed E-state index contributed by atoms with van der Waals surface area (Å²) in [5.74, 6) is 0. The Morgan fingerprint density at radius 3 is 1.50 bits per heavy atom. The molecule has 0 N–H and O–H groups in total. The van der Waals surface area contributed by atoms with Crippen LogP contribution in [0.15, 0.2) is 61.7 Å². The first-order valence-electron chi connectivity index (χ1n) is 7.16. The van der Waals surface area contributed by atoms with Gasteiger partial charge in [0.25, 0.3) is 0 Å². The van der Waals surface area contributed by atoms with E-state index in [1.54, 1.807) is 12.3 Å². The summed E-state index contributed by atoms with van der Waals surface area (Å²) in [5, 5.41) is 0. The zero-order chi connectivity index (χ0) is 16.8. The molecule has 0 aliphatic rings. The number of benzene rings is 1. The fraction of sp³-hybridized carbons (Fsp3) is 0.368. The van der Waals surface area contributed by atoms with Crippen LogP contribution in [-0.4, -0.2) is 6.26 Å². The van der Waals surface area contributed by atoms with E-state index >= 15 is 0 Å². The molecule has 0 saturated heterocycles. The molecule has 1 aromatic rings. The molecular formula is C19H34S. The smallest absolute Gasteiger partial charge is 0.0188 e. The van der Waals surface area contributed by atoms with Crippen molar-refractivity contribution in [1.82, 2.24) is 0 Å². The first-order chi connectivity index (χ1) is 9.79. The highest BCUT2D eigenvalue weighted by Gasteiger charge is 1.91. The topological polar surface area (TPSA) is 0 Å². The molecule has 0 aliphatic carbocycles. The molecule has 0 heterocycles. The van der Waals surface area contributed by atoms with Crippen LogP contribution in [0.4, 0.5) is 0 Å². The summed E-state index contributed by atoms with van der Waals surface area (Å²) in [7, 11) is 0. The number of allylic oxidation sites excluding steroid dienone is 4. The zero-order valence-electron chi connectivity index (χ0n) is 14.5. The molecule has 1 rings (SSSR count). The van der Waals surface area contributed by atoms with E-state index in [9.17, 15) is 0 Å². The lowest BCUT2D eigenvalue weighted by molar-refractivity contribution is 1.50. The van der Waals surface area contributed by atoms with Gasteiger partial charge in [0.1, 0.15) is 0 Å². The molecule has 0 spiro atoms. The van der Waals surface area contributed by atoms with Crippen molar-refractivity contribution in [2.45, 2.75) is 41.5 Å². The lowest BCUT2D eigenvalue weighted by Crippen LogP contribution is -1.76. The Labute approximate surface area is 133 Å². The summed E-state index contributed by atoms with van der Waals surface area (Å²) in [4.78, 5) is 0. The summed E-state index contributed by atoms with van der Waals surface area (Å²) in [6.45, 7) is 19.0. The second kappa shape index (κ2) is 30.7. The second-order valence-electron chi connectivity index (χ2n) is 2.72. The predicted molar refractivity (Wildman–Crippen MR) is 104 cm³/mol. The van der Waals surface area contributed by atoms with Crippen molar-refractivity contribution >= 4 is 18.2 Å². The van der Waals surface area contributed by atoms with E-state index in [-0.39, 0.29) is 0 Å². The molecular weight excluding hydrogens is 260 g/mol. The van der Waals surface area contributed by atoms with Crippen LogP contribution in [0.5, 0.6) is 0 Å². The van der Waals surface area contributed by atoms with Gasteiger partial charge in [-0.05, 0) is 31.2 Å². The van der Waals surface area contributed by atoms with Crippen molar-refractivity contribution in [2.75, 3.05) is 6.26 Å². The fourth-order valence-electron chi connectivity index (χ4n) is 1.03. The van der Waals surface area contributed by atoms with Gasteiger partial charge < -0.3 is 0 Å². The highest BCUT2D eigenvalue weighted by Crippen LogP contribution is 2.13. The van der Waals surface area contributed by atoms with Crippen molar-refractivity contribution < 1.29 is 0 Å². The van der Waals surface area contributed by atoms with E-state index < -0.39 is 0 Å². The molecule has 0 fully saturated rings. The minimum Gasteiger partial charge on any atom is -0.183 e. The number of rotatable bonds is 2. The summed E-state index contributed by atoms with van der Waals surface area (Å²) in [5.41, 5.74) is 2.41. The molecule has 0 amide bonds. The monoisotopic (exact) mass is 294 g/mol. The van der Waals surface area contributed by atoms with E-state index in [0.717, 1.165) is 0 Å². The lowest BCUT2D eigenvalue weighted by atomic mass is 10.1. The van der Waals surface area contributed by atoms with Crippen LogP contribution < -0.4 is 0 Å². The number of thiol groups is 1. The van der Waals surface area contributed by atoms with E-state index in [1.165, 1.54) is 11.1 Å². The Morgan fingerprint density at radius 2 is 1.25 bits per heavy atom. The standard InChI is InChI=1S/C11H12.C3H6.2C2H6.CH4S/c1-3-10(4-2)11-8-6-5-7-9-11;1-3-2;3*1-2/h3-9H,1H2,2H3;3H,1H2,2H3;2*1-2H3;2H,1H3/b10-4+;;;;. The normalized spacial score (nSPS) is 7.70. The van der Waals surface area contributed by atoms with Crippen molar-refractivity contribution in [1.29, 1.82) is 0 Å². The predicted octanol–water partition coefficient (Wildman–Crippen LogP) is 7.07. The number of hydrogen-bond acceptors (Lipinski definition) is 1. The Hall–Kier alpha value is -1.21. The molecule has 0 nitrogen and oxygen atoms in total. The molecule has 0 aromatic heterocycles. The summed E-state index contributed by atoms with van der Waals surface area (Å²) >= 11 is 3.53. The maximum absolute atomic E-state index is 3.74. The van der Waals surface area contributed by atoms with Gasteiger partial charge in [0.2, 0.25) is 0 Å². The molecule has 0 aliphatic heterocycles. The minimum atomic E-state index is 1.19. The van der Waals surface area contributed by atoms with Crippen LogP contribution in [0.25, 0.3) is 5.57 Å². The van der Waals surface area contributed by atoms with Crippen molar-refractivity contribution in [3.8, 4) is 0 Å². The maximum atomic E-state index is 3.74. The van der Waals surface area contributed by atoms with Gasteiger partial charge in [-0.25, -0.2) is 0 Å². The van der Waals surface area contributed by atoms with Crippen LogP contribution in [-0.2, 0) is 0 Å². The second-order valence-corrected chi connectivity index (χ2v) is 2.72. The van der Waals surface area contributed by atoms with Crippen LogP contribution in [0.3, 0.4) is 0 Å². The van der Waals surface area contributed by atoms with E-state index in [1.807, 2.05) is 65.8 Å². The third-order valence-corrected chi connectivity index (χ3v) is 1.64. The SMILES string of the molecule is C=C/C(=C\C)c1ccccc1.C=CC.CC.CC.CS. The maximum Gasteiger partial charge on any atom is -0.0188 e. The van der Waals surface area contributed by atoms with Crippen molar-refractivity contribution in [2.24, 2.45) is 0 Å². The van der Waals surface area contributed by atoms with Crippen LogP contribution in [0.1, 0.15) is 47.1 Å². The molecule has 1 heteroatoms. The van der Waals surface area contributed by atoms with Gasteiger partial charge in [-0.1, -0.05) is 82.8 Å². The first kappa shape index (κ1) is 27.2. The fourth-order valence-corrected chi connectivity index (χ4v) is 1.03. The molecule has 0 saturated carbocycles. The average molecular weight is 295 g/mol. The molecule has 1 aromatic carbocycles. The summed E-state index contributed by atoms with van der Waals surface area (Å²) < 4.78 is 0. The lowest BCUT2D eigenvalue weighted by Gasteiger charge is -1.98. The van der Waals surface area contributed by atoms with Crippen LogP contribution in [0.2, 0.25) is 0 Å². The minimum absolute atomic E-state index is 1.19. The average Bonchev–Trinajstić information content (AvgIpc) is 2.56. The first-order valence-corrected chi connectivity index (χ1v) is 8.05. The Kier molecular flexibility index (Phi) is 41.7. The van der Waals surface area contributed by atoms with Gasteiger partial charge in [-0.15, -0.1) is 6.58 Å². The Balaban J connectivity index is -0.000000121. The summed E-state index contributed by atoms with van der Waals surface area (Å²) in [6, 6.07) is 10.2. The van der Waals surface area contributed by atoms with Gasteiger partial charge in [0.05, 0.1) is 0 Å². The highest BCUT2D eigenvalue weighted by molar-refractivity contribution is 7.79. The van der Waals surface area contributed by atoms with Crippen LogP contribution in [0, 0.1) is 0 Å². The van der Waals surface area contributed by atoms with E-state index in [2.05, 4.69) is 44.0 Å². The Bertz CT molecular complexity index is 297. The van der Waals surface area contributed by atoms with E-state index in [0.29, 0.717) is 0 Å². The largest absolute Gasteiger partial charge is 0.183 e. The molecule has 0 atom stereocenters. The number of hydrogen-bond donors (Lipinski definition) is 1. The van der Waals surface area contributed by atoms with Crippen LogP contribution >= 0.6 is 12.6 Å². The van der Waals surface area contributed by atoms with Crippen molar-refractivity contribution in [3.63, 3.8) is 0 Å². The van der Waals surface area contributed by atoms with Gasteiger partial charge in [0, 0.05) is 0 Å². The molecule has 0 unspecified atom stereocenters. The molecule has 0 radical (unpaired) electrons.